The second-order valence-electron chi connectivity index (χ2n) is 6.43. The number of hydrogen-bond acceptors (Lipinski definition) is 5. The number of carbonyl (C=O) groups is 2. The monoisotopic (exact) mass is 414 g/mol. The number of carbonyl (C=O) groups excluding carboxylic acids is 2. The highest BCUT2D eigenvalue weighted by molar-refractivity contribution is 6.30. The standard InChI is InChI=1S/C22H23ClN2O4/c1-2-29-22(27)19-15-18(8-9-20(19)25-11-13-28-14-12-25)24-21(26)10-5-16-3-6-17(23)7-4-16/h3-10,15H,2,11-14H2,1H3,(H,24,26)/b10-5+. The van der Waals surface area contributed by atoms with E-state index < -0.39 is 5.97 Å². The molecule has 0 aliphatic carbocycles. The zero-order valence-electron chi connectivity index (χ0n) is 16.2. The first-order valence-electron chi connectivity index (χ1n) is 9.45. The molecule has 0 unspecified atom stereocenters. The van der Waals surface area contributed by atoms with Crippen molar-refractivity contribution in [3.05, 3.63) is 64.7 Å². The lowest BCUT2D eigenvalue weighted by atomic mass is 10.1. The number of halogens is 1. The van der Waals surface area contributed by atoms with Crippen molar-refractivity contribution in [2.45, 2.75) is 6.92 Å². The van der Waals surface area contributed by atoms with Gasteiger partial charge in [0.2, 0.25) is 5.91 Å². The van der Waals surface area contributed by atoms with E-state index in [2.05, 4.69) is 10.2 Å². The Hall–Kier alpha value is -2.83. The summed E-state index contributed by atoms with van der Waals surface area (Å²) in [6.07, 6.45) is 3.13. The van der Waals surface area contributed by atoms with Crippen LogP contribution in [0, 0.1) is 0 Å². The minimum Gasteiger partial charge on any atom is -0.462 e. The molecular weight excluding hydrogens is 392 g/mol. The Bertz CT molecular complexity index is 890. The van der Waals surface area contributed by atoms with Crippen LogP contribution in [-0.4, -0.2) is 44.8 Å². The summed E-state index contributed by atoms with van der Waals surface area (Å²) in [5.74, 6) is -0.712. The van der Waals surface area contributed by atoms with E-state index in [4.69, 9.17) is 21.1 Å². The molecule has 152 valence electrons. The smallest absolute Gasteiger partial charge is 0.340 e. The maximum atomic E-state index is 12.5. The Labute approximate surface area is 175 Å². The SMILES string of the molecule is CCOC(=O)c1cc(NC(=O)/C=C/c2ccc(Cl)cc2)ccc1N1CCOCC1. The van der Waals surface area contributed by atoms with Crippen LogP contribution in [0.2, 0.25) is 5.02 Å². The molecule has 6 nitrogen and oxygen atoms in total. The predicted octanol–water partition coefficient (Wildman–Crippen LogP) is 4.01. The van der Waals surface area contributed by atoms with Gasteiger partial charge in [-0.2, -0.15) is 0 Å². The average molecular weight is 415 g/mol. The molecule has 0 radical (unpaired) electrons. The first-order valence-corrected chi connectivity index (χ1v) is 9.83. The van der Waals surface area contributed by atoms with Crippen LogP contribution < -0.4 is 10.2 Å². The lowest BCUT2D eigenvalue weighted by Gasteiger charge is -2.30. The number of ether oxygens (including phenoxy) is 2. The third-order valence-electron chi connectivity index (χ3n) is 4.41. The van der Waals surface area contributed by atoms with E-state index in [0.717, 1.165) is 11.3 Å². The lowest BCUT2D eigenvalue weighted by Crippen LogP contribution is -2.37. The summed E-state index contributed by atoms with van der Waals surface area (Å²) in [6.45, 7) is 4.65. The maximum absolute atomic E-state index is 12.5. The molecule has 0 bridgehead atoms. The van der Waals surface area contributed by atoms with E-state index in [-0.39, 0.29) is 12.5 Å². The van der Waals surface area contributed by atoms with Gasteiger partial charge >= 0.3 is 5.97 Å². The molecular formula is C22H23ClN2O4. The lowest BCUT2D eigenvalue weighted by molar-refractivity contribution is -0.111. The van der Waals surface area contributed by atoms with Gasteiger partial charge in [0, 0.05) is 29.9 Å². The molecule has 1 heterocycles. The minimum atomic E-state index is -0.415. The summed E-state index contributed by atoms with van der Waals surface area (Å²) in [5, 5.41) is 3.43. The summed E-state index contributed by atoms with van der Waals surface area (Å²) >= 11 is 5.86. The number of morpholine rings is 1. The number of nitrogens with zero attached hydrogens (tertiary/aromatic N) is 1. The van der Waals surface area contributed by atoms with Crippen molar-refractivity contribution in [1.29, 1.82) is 0 Å². The topological polar surface area (TPSA) is 67.9 Å². The van der Waals surface area contributed by atoms with E-state index in [1.54, 1.807) is 37.3 Å². The summed E-state index contributed by atoms with van der Waals surface area (Å²) in [5.41, 5.74) is 2.59. The molecule has 1 fully saturated rings. The number of hydrogen-bond donors (Lipinski definition) is 1. The third kappa shape index (κ3) is 5.82. The normalized spacial score (nSPS) is 14.1. The molecule has 2 aromatic rings. The van der Waals surface area contributed by atoms with Crippen LogP contribution in [0.25, 0.3) is 6.08 Å². The van der Waals surface area contributed by atoms with E-state index in [9.17, 15) is 9.59 Å². The fourth-order valence-electron chi connectivity index (χ4n) is 3.00. The van der Waals surface area contributed by atoms with Gasteiger partial charge in [-0.3, -0.25) is 4.79 Å². The molecule has 29 heavy (non-hydrogen) atoms. The van der Waals surface area contributed by atoms with Gasteiger partial charge in [-0.25, -0.2) is 4.79 Å². The quantitative estimate of drug-likeness (QED) is 0.571. The van der Waals surface area contributed by atoms with Crippen LogP contribution in [0.15, 0.2) is 48.5 Å². The molecule has 0 spiro atoms. The van der Waals surface area contributed by atoms with Gasteiger partial charge in [0.15, 0.2) is 0 Å². The summed E-state index contributed by atoms with van der Waals surface area (Å²) in [6, 6.07) is 12.4. The highest BCUT2D eigenvalue weighted by atomic mass is 35.5. The zero-order valence-corrected chi connectivity index (χ0v) is 16.9. The Morgan fingerprint density at radius 2 is 1.90 bits per heavy atom. The second-order valence-corrected chi connectivity index (χ2v) is 6.86. The number of amides is 1. The molecule has 1 aliphatic rings. The van der Waals surface area contributed by atoms with E-state index in [1.165, 1.54) is 6.08 Å². The largest absolute Gasteiger partial charge is 0.462 e. The predicted molar refractivity (Wildman–Crippen MR) is 115 cm³/mol. The van der Waals surface area contributed by atoms with E-state index in [1.807, 2.05) is 18.2 Å². The number of rotatable bonds is 6. The molecule has 1 aliphatic heterocycles. The fraction of sp³-hybridized carbons (Fsp3) is 0.273. The Balaban J connectivity index is 1.76. The molecule has 1 amide bonds. The molecule has 3 rings (SSSR count). The van der Waals surface area contributed by atoms with E-state index >= 15 is 0 Å². The van der Waals surface area contributed by atoms with Gasteiger partial charge in [0.1, 0.15) is 0 Å². The van der Waals surface area contributed by atoms with Crippen molar-refractivity contribution < 1.29 is 19.1 Å². The molecule has 2 aromatic carbocycles. The van der Waals surface area contributed by atoms with Crippen LogP contribution in [0.4, 0.5) is 11.4 Å². The van der Waals surface area contributed by atoms with E-state index in [0.29, 0.717) is 42.6 Å². The third-order valence-corrected chi connectivity index (χ3v) is 4.66. The van der Waals surface area contributed by atoms with Crippen LogP contribution >= 0.6 is 11.6 Å². The molecule has 7 heteroatoms. The first-order chi connectivity index (χ1) is 14.1. The van der Waals surface area contributed by atoms with Crippen molar-refractivity contribution in [3.8, 4) is 0 Å². The Morgan fingerprint density at radius 3 is 2.59 bits per heavy atom. The van der Waals surface area contributed by atoms with Crippen LogP contribution in [0.3, 0.4) is 0 Å². The second kappa shape index (κ2) is 10.1. The maximum Gasteiger partial charge on any atom is 0.340 e. The number of nitrogens with one attached hydrogen (secondary N) is 1. The van der Waals surface area contributed by atoms with Crippen molar-refractivity contribution in [3.63, 3.8) is 0 Å². The first kappa shape index (κ1) is 20.9. The molecule has 0 aromatic heterocycles. The van der Waals surface area contributed by atoms with Gasteiger partial charge in [-0.15, -0.1) is 0 Å². The van der Waals surface area contributed by atoms with Gasteiger partial charge in [0.25, 0.3) is 0 Å². The summed E-state index contributed by atoms with van der Waals surface area (Å²) in [4.78, 5) is 26.8. The van der Waals surface area contributed by atoms with Crippen molar-refractivity contribution >= 4 is 40.9 Å². The fourth-order valence-corrected chi connectivity index (χ4v) is 3.12. The van der Waals surface area contributed by atoms with Crippen molar-refractivity contribution in [2.24, 2.45) is 0 Å². The molecule has 1 saturated heterocycles. The van der Waals surface area contributed by atoms with Gasteiger partial charge in [-0.05, 0) is 48.9 Å². The average Bonchev–Trinajstić information content (AvgIpc) is 2.74. The van der Waals surface area contributed by atoms with Crippen LogP contribution in [0.5, 0.6) is 0 Å². The minimum absolute atomic E-state index is 0.280. The molecule has 0 saturated carbocycles. The van der Waals surface area contributed by atoms with Gasteiger partial charge < -0.3 is 19.7 Å². The highest BCUT2D eigenvalue weighted by Crippen LogP contribution is 2.26. The Morgan fingerprint density at radius 1 is 1.17 bits per heavy atom. The zero-order chi connectivity index (χ0) is 20.6. The Kier molecular flexibility index (Phi) is 7.27. The van der Waals surface area contributed by atoms with Crippen molar-refractivity contribution in [2.75, 3.05) is 43.1 Å². The van der Waals surface area contributed by atoms with Crippen LogP contribution in [0.1, 0.15) is 22.8 Å². The molecule has 1 N–H and O–H groups in total. The van der Waals surface area contributed by atoms with Gasteiger partial charge in [0.05, 0.1) is 31.1 Å². The molecule has 0 atom stereocenters. The highest BCUT2D eigenvalue weighted by Gasteiger charge is 2.20. The number of anilines is 2. The number of benzene rings is 2. The van der Waals surface area contributed by atoms with Gasteiger partial charge in [-0.1, -0.05) is 23.7 Å². The van der Waals surface area contributed by atoms with Crippen molar-refractivity contribution in [1.82, 2.24) is 0 Å². The van der Waals surface area contributed by atoms with Crippen LogP contribution in [-0.2, 0) is 14.3 Å². The summed E-state index contributed by atoms with van der Waals surface area (Å²) < 4.78 is 10.6. The summed E-state index contributed by atoms with van der Waals surface area (Å²) in [7, 11) is 0. The number of esters is 1.